The number of epoxide rings is 1. The molecule has 1 N–H and O–H groups in total. The van der Waals surface area contributed by atoms with Crippen LogP contribution in [0.4, 0.5) is 0 Å². The maximum Gasteiger partial charge on any atom is 0.309 e. The van der Waals surface area contributed by atoms with Crippen LogP contribution in [0, 0.1) is 52.3 Å². The minimum atomic E-state index is -0.692. The highest BCUT2D eigenvalue weighted by Gasteiger charge is 2.80. The summed E-state index contributed by atoms with van der Waals surface area (Å²) in [5.41, 5.74) is -1.11. The van der Waals surface area contributed by atoms with E-state index in [2.05, 4.69) is 27.7 Å². The lowest BCUT2D eigenvalue weighted by Gasteiger charge is -2.58. The van der Waals surface area contributed by atoms with Gasteiger partial charge >= 0.3 is 5.97 Å². The van der Waals surface area contributed by atoms with Crippen LogP contribution in [-0.4, -0.2) is 40.8 Å². The minimum Gasteiger partial charge on any atom is -0.462 e. The summed E-state index contributed by atoms with van der Waals surface area (Å²) in [6.07, 6.45) is 9.00. The fourth-order valence-corrected chi connectivity index (χ4v) is 9.78. The van der Waals surface area contributed by atoms with E-state index in [4.69, 9.17) is 9.47 Å². The molecule has 0 amide bonds. The highest BCUT2D eigenvalue weighted by molar-refractivity contribution is 5.98. The van der Waals surface area contributed by atoms with Gasteiger partial charge in [0.1, 0.15) is 17.8 Å². The number of ether oxygens (including phenoxy) is 2. The molecule has 5 heteroatoms. The Kier molecular flexibility index (Phi) is 4.68. The van der Waals surface area contributed by atoms with Crippen LogP contribution in [0.1, 0.15) is 73.1 Å². The van der Waals surface area contributed by atoms with Crippen LogP contribution in [-0.2, 0) is 19.1 Å². The molecule has 6 aliphatic rings. The number of allylic oxidation sites excluding steroid dienone is 1. The van der Waals surface area contributed by atoms with Gasteiger partial charge in [0, 0.05) is 0 Å². The third-order valence-corrected chi connectivity index (χ3v) is 12.0. The van der Waals surface area contributed by atoms with Crippen LogP contribution in [0.15, 0.2) is 12.2 Å². The van der Waals surface area contributed by atoms with Crippen LogP contribution in [0.3, 0.4) is 0 Å². The van der Waals surface area contributed by atoms with Crippen LogP contribution < -0.4 is 0 Å². The molecule has 2 heterocycles. The Balaban J connectivity index is 1.27. The number of carbonyl (C=O) groups excluding carboxylic acids is 2. The average molecular weight is 457 g/mol. The molecule has 2 saturated heterocycles. The molecule has 4 aliphatic carbocycles. The number of cyclic esters (lactones) is 1. The average Bonchev–Trinajstić information content (AvgIpc) is 3.41. The van der Waals surface area contributed by atoms with E-state index in [1.165, 1.54) is 12.8 Å². The molecule has 0 radical (unpaired) electrons. The van der Waals surface area contributed by atoms with Crippen LogP contribution in [0.2, 0.25) is 0 Å². The fourth-order valence-electron chi connectivity index (χ4n) is 9.78. The number of aliphatic hydroxyl groups excluding tert-OH is 1. The molecule has 5 nitrogen and oxygen atoms in total. The molecule has 0 aromatic rings. The van der Waals surface area contributed by atoms with Crippen molar-refractivity contribution >= 4 is 11.8 Å². The van der Waals surface area contributed by atoms with Gasteiger partial charge in [-0.3, -0.25) is 9.59 Å². The molecule has 0 aromatic heterocycles. The zero-order chi connectivity index (χ0) is 23.5. The predicted molar refractivity (Wildman–Crippen MR) is 123 cm³/mol. The highest BCUT2D eigenvalue weighted by Crippen LogP contribution is 2.73. The topological polar surface area (TPSA) is 76.1 Å². The monoisotopic (exact) mass is 456 g/mol. The zero-order valence-electron chi connectivity index (χ0n) is 20.8. The van der Waals surface area contributed by atoms with Crippen molar-refractivity contribution in [2.75, 3.05) is 0 Å². The summed E-state index contributed by atoms with van der Waals surface area (Å²) in [6, 6.07) is 0. The standard InChI is InChI=1S/C28H40O5/c1-14-12-21(32-25(31)15(14)2)16(3)18-6-7-19-17-13-24-28(33-24)23(30)9-8-22(29)27(28,5)20(17)10-11-26(18,19)4/h8-9,14-21,23-24,30H,6-7,10-13H2,1-5H3/t14-,15+,16+,17+,18-,19+,20+,21+,23+,24-,26-,27+,28-/m1/s1. The van der Waals surface area contributed by atoms with E-state index in [1.54, 1.807) is 12.2 Å². The lowest BCUT2D eigenvalue weighted by molar-refractivity contribution is -0.171. The molecule has 2 aliphatic heterocycles. The first-order valence-electron chi connectivity index (χ1n) is 13.3. The maximum atomic E-state index is 13.3. The Morgan fingerprint density at radius 2 is 1.85 bits per heavy atom. The summed E-state index contributed by atoms with van der Waals surface area (Å²) in [6.45, 7) is 11.1. The lowest BCUT2D eigenvalue weighted by Crippen LogP contribution is -2.63. The summed E-state index contributed by atoms with van der Waals surface area (Å²) >= 11 is 0. The summed E-state index contributed by atoms with van der Waals surface area (Å²) in [5.74, 6) is 2.67. The van der Waals surface area contributed by atoms with Crippen LogP contribution in [0.25, 0.3) is 0 Å². The number of hydrogen-bond donors (Lipinski definition) is 1. The van der Waals surface area contributed by atoms with Crippen LogP contribution >= 0.6 is 0 Å². The normalized spacial score (nSPS) is 57.9. The van der Waals surface area contributed by atoms with Crippen molar-refractivity contribution in [2.45, 2.75) is 97.1 Å². The third kappa shape index (κ3) is 2.62. The summed E-state index contributed by atoms with van der Waals surface area (Å²) < 4.78 is 12.2. The SMILES string of the molecule is C[C@H]([C@@H]1C[C@@H](C)[C@H](C)C(=O)O1)[C@H]1CC[C@H]2[C@@H]3C[C@H]4O[C@]45[C@@H](O)C=CC(=O)[C@]5(C)[C@H]3CC[C@]12C. The largest absolute Gasteiger partial charge is 0.462 e. The van der Waals surface area contributed by atoms with E-state index >= 15 is 0 Å². The molecule has 0 bridgehead atoms. The molecule has 0 aromatic carbocycles. The minimum absolute atomic E-state index is 0.00461. The van der Waals surface area contributed by atoms with Crippen molar-refractivity contribution in [3.63, 3.8) is 0 Å². The molecule has 33 heavy (non-hydrogen) atoms. The summed E-state index contributed by atoms with van der Waals surface area (Å²) in [4.78, 5) is 25.8. The van der Waals surface area contributed by atoms with E-state index < -0.39 is 17.1 Å². The smallest absolute Gasteiger partial charge is 0.309 e. The van der Waals surface area contributed by atoms with Gasteiger partial charge in [-0.1, -0.05) is 27.7 Å². The first kappa shape index (κ1) is 22.3. The molecule has 182 valence electrons. The number of carbonyl (C=O) groups is 2. The van der Waals surface area contributed by atoms with E-state index in [9.17, 15) is 14.7 Å². The van der Waals surface area contributed by atoms with Crippen molar-refractivity contribution in [3.05, 3.63) is 12.2 Å². The van der Waals surface area contributed by atoms with Crippen LogP contribution in [0.5, 0.6) is 0 Å². The van der Waals surface area contributed by atoms with Gasteiger partial charge in [0.2, 0.25) is 0 Å². The molecule has 0 unspecified atom stereocenters. The van der Waals surface area contributed by atoms with E-state index in [-0.39, 0.29) is 41.2 Å². The van der Waals surface area contributed by atoms with Gasteiger partial charge in [-0.15, -0.1) is 0 Å². The van der Waals surface area contributed by atoms with Crippen molar-refractivity contribution in [1.29, 1.82) is 0 Å². The maximum absolute atomic E-state index is 13.3. The van der Waals surface area contributed by atoms with Gasteiger partial charge in [-0.05, 0) is 98.5 Å². The molecular weight excluding hydrogens is 416 g/mol. The zero-order valence-corrected chi connectivity index (χ0v) is 20.8. The molecule has 13 atom stereocenters. The predicted octanol–water partition coefficient (Wildman–Crippen LogP) is 4.32. The second-order valence-electron chi connectivity index (χ2n) is 12.9. The molecule has 1 spiro atoms. The van der Waals surface area contributed by atoms with Crippen molar-refractivity contribution in [1.82, 2.24) is 0 Å². The van der Waals surface area contributed by atoms with Gasteiger partial charge in [-0.25, -0.2) is 0 Å². The number of esters is 1. The Morgan fingerprint density at radius 1 is 1.09 bits per heavy atom. The van der Waals surface area contributed by atoms with Gasteiger partial charge in [-0.2, -0.15) is 0 Å². The molecular formula is C28H40O5. The van der Waals surface area contributed by atoms with Crippen molar-refractivity contribution in [2.24, 2.45) is 52.3 Å². The molecule has 5 fully saturated rings. The molecule has 6 rings (SSSR count). The third-order valence-electron chi connectivity index (χ3n) is 12.0. The lowest BCUT2D eigenvalue weighted by atomic mass is 9.44. The van der Waals surface area contributed by atoms with Gasteiger partial charge in [0.25, 0.3) is 0 Å². The first-order chi connectivity index (χ1) is 15.6. The Hall–Kier alpha value is -1.20. The second kappa shape index (κ2) is 6.94. The van der Waals surface area contributed by atoms with Gasteiger partial charge < -0.3 is 14.6 Å². The Bertz CT molecular complexity index is 912. The Labute approximate surface area is 197 Å². The van der Waals surface area contributed by atoms with Gasteiger partial charge in [0.05, 0.1) is 17.4 Å². The highest BCUT2D eigenvalue weighted by atomic mass is 16.6. The summed E-state index contributed by atoms with van der Waals surface area (Å²) in [7, 11) is 0. The fraction of sp³-hybridized carbons (Fsp3) is 0.857. The molecule has 3 saturated carbocycles. The first-order valence-corrected chi connectivity index (χ1v) is 13.3. The van der Waals surface area contributed by atoms with Gasteiger partial charge in [0.15, 0.2) is 5.78 Å². The summed E-state index contributed by atoms with van der Waals surface area (Å²) in [5, 5.41) is 10.8. The van der Waals surface area contributed by atoms with E-state index in [1.807, 2.05) is 6.92 Å². The number of rotatable bonds is 2. The van der Waals surface area contributed by atoms with E-state index in [0.29, 0.717) is 29.6 Å². The van der Waals surface area contributed by atoms with E-state index in [0.717, 1.165) is 25.7 Å². The second-order valence-corrected chi connectivity index (χ2v) is 12.9. The van der Waals surface area contributed by atoms with Crippen molar-refractivity contribution in [3.8, 4) is 0 Å². The van der Waals surface area contributed by atoms with Crippen molar-refractivity contribution < 1.29 is 24.2 Å². The number of aliphatic hydroxyl groups is 1. The number of hydrogen-bond acceptors (Lipinski definition) is 5. The number of fused-ring (bicyclic) bond motifs is 4. The Morgan fingerprint density at radius 3 is 2.58 bits per heavy atom. The number of ketones is 1. The quantitative estimate of drug-likeness (QED) is 0.495.